The van der Waals surface area contributed by atoms with E-state index in [0.717, 1.165) is 105 Å². The van der Waals surface area contributed by atoms with Crippen molar-refractivity contribution in [3.63, 3.8) is 0 Å². The van der Waals surface area contributed by atoms with Crippen molar-refractivity contribution in [1.29, 1.82) is 0 Å². The summed E-state index contributed by atoms with van der Waals surface area (Å²) < 4.78 is 0. The molecular weight excluding hydrogens is 701 g/mol. The third kappa shape index (κ3) is 7.62. The molecule has 0 spiro atoms. The van der Waals surface area contributed by atoms with Crippen LogP contribution in [0.2, 0.25) is 0 Å². The van der Waals surface area contributed by atoms with Crippen molar-refractivity contribution in [1.82, 2.24) is 35.0 Å². The minimum Gasteiger partial charge on any atom is -0.385 e. The van der Waals surface area contributed by atoms with Crippen molar-refractivity contribution in [2.45, 2.75) is 69.4 Å². The SMILES string of the molecule is CN1CCN(c2cccc3ncc(C4C=NN(C5CCN(C(=O)CCCCCNc6ccc7c(c6)C(=O)N(C6CCC(=O)NC6=O)C7=O)CC5)C4)nc23)CC1. The number of carbonyl (C=O) groups excluding carboxylic acids is 5. The molecule has 2 aromatic carbocycles. The number of likely N-dealkylation sites (tertiary alicyclic amines) is 1. The van der Waals surface area contributed by atoms with E-state index in [1.54, 1.807) is 18.2 Å². The molecule has 5 aliphatic rings. The van der Waals surface area contributed by atoms with Crippen molar-refractivity contribution >= 4 is 58.2 Å². The van der Waals surface area contributed by atoms with E-state index in [-0.39, 0.29) is 35.8 Å². The third-order valence-corrected chi connectivity index (χ3v) is 11.6. The van der Waals surface area contributed by atoms with E-state index in [1.165, 1.54) is 0 Å². The quantitative estimate of drug-likeness (QED) is 0.219. The number of carbonyl (C=O) groups is 5. The highest BCUT2D eigenvalue weighted by atomic mass is 16.2. The zero-order valence-electron chi connectivity index (χ0n) is 31.3. The van der Waals surface area contributed by atoms with Gasteiger partial charge in [-0.1, -0.05) is 12.5 Å². The summed E-state index contributed by atoms with van der Waals surface area (Å²) in [6, 6.07) is 10.6. The van der Waals surface area contributed by atoms with Crippen LogP contribution in [0.5, 0.6) is 0 Å². The Morgan fingerprint density at radius 1 is 0.909 bits per heavy atom. The fourth-order valence-corrected chi connectivity index (χ4v) is 8.35. The highest BCUT2D eigenvalue weighted by molar-refractivity contribution is 6.23. The monoisotopic (exact) mass is 748 g/mol. The Labute approximate surface area is 320 Å². The third-order valence-electron chi connectivity index (χ3n) is 11.6. The number of fused-ring (bicyclic) bond motifs is 2. The molecule has 55 heavy (non-hydrogen) atoms. The summed E-state index contributed by atoms with van der Waals surface area (Å²) >= 11 is 0. The first kappa shape index (κ1) is 36.5. The first-order valence-corrected chi connectivity index (χ1v) is 19.6. The molecule has 2 N–H and O–H groups in total. The Morgan fingerprint density at radius 3 is 2.51 bits per heavy atom. The minimum atomic E-state index is -0.985. The Hall–Kier alpha value is -5.44. The molecule has 0 radical (unpaired) electrons. The van der Waals surface area contributed by atoms with Gasteiger partial charge in [-0.05, 0) is 69.5 Å². The van der Waals surface area contributed by atoms with E-state index >= 15 is 0 Å². The van der Waals surface area contributed by atoms with Crippen molar-refractivity contribution in [3.8, 4) is 0 Å². The highest BCUT2D eigenvalue weighted by Gasteiger charge is 2.44. The second kappa shape index (κ2) is 15.7. The van der Waals surface area contributed by atoms with Gasteiger partial charge in [-0.15, -0.1) is 0 Å². The number of piperazine rings is 1. The molecule has 8 rings (SSSR count). The number of benzene rings is 2. The topological polar surface area (TPSA) is 164 Å². The van der Waals surface area contributed by atoms with Crippen LogP contribution in [0.25, 0.3) is 11.0 Å². The fraction of sp³-hybridized carbons (Fsp3) is 0.500. The molecule has 288 valence electrons. The van der Waals surface area contributed by atoms with E-state index in [2.05, 4.69) is 44.6 Å². The molecule has 3 aromatic rings. The van der Waals surface area contributed by atoms with Crippen LogP contribution in [0.4, 0.5) is 11.4 Å². The zero-order chi connectivity index (χ0) is 38.1. The Morgan fingerprint density at radius 2 is 1.71 bits per heavy atom. The van der Waals surface area contributed by atoms with E-state index in [9.17, 15) is 24.0 Å². The number of nitrogens with one attached hydrogen (secondary N) is 2. The van der Waals surface area contributed by atoms with Gasteiger partial charge in [-0.25, -0.2) is 4.98 Å². The average Bonchev–Trinajstić information content (AvgIpc) is 3.79. The molecule has 2 unspecified atom stereocenters. The predicted octanol–water partition coefficient (Wildman–Crippen LogP) is 2.83. The number of rotatable bonds is 11. The second-order valence-corrected chi connectivity index (χ2v) is 15.3. The van der Waals surface area contributed by atoms with E-state index < -0.39 is 29.7 Å². The molecular formula is C40H48N10O5. The number of hydrazone groups is 1. The summed E-state index contributed by atoms with van der Waals surface area (Å²) in [6.45, 7) is 6.89. The van der Waals surface area contributed by atoms with Gasteiger partial charge >= 0.3 is 0 Å². The molecule has 3 saturated heterocycles. The van der Waals surface area contributed by atoms with Crippen molar-refractivity contribution < 1.29 is 24.0 Å². The summed E-state index contributed by atoms with van der Waals surface area (Å²) in [5.74, 6) is -1.79. The molecule has 0 aliphatic carbocycles. The number of hydrogen-bond acceptors (Lipinski definition) is 12. The molecule has 3 fully saturated rings. The molecule has 0 saturated carbocycles. The molecule has 15 heteroatoms. The highest BCUT2D eigenvalue weighted by Crippen LogP contribution is 2.31. The maximum atomic E-state index is 13.1. The van der Waals surface area contributed by atoms with E-state index in [4.69, 9.17) is 15.1 Å². The molecule has 15 nitrogen and oxygen atoms in total. The number of piperidine rings is 2. The number of likely N-dealkylation sites (N-methyl/N-ethyl adjacent to an activating group) is 1. The van der Waals surface area contributed by atoms with Crippen LogP contribution < -0.4 is 15.5 Å². The van der Waals surface area contributed by atoms with Gasteiger partial charge in [-0.2, -0.15) is 5.10 Å². The molecule has 6 heterocycles. The standard InChI is InChI=1S/C40H48N10O5/c1-46-18-20-47(21-19-46)33-7-5-6-31-37(33)44-32(24-42-31)26-23-43-49(25-26)28-13-16-48(17-14-28)36(52)8-3-2-4-15-41-27-9-10-29-30(22-27)40(55)50(39(29)54)34-11-12-35(51)45-38(34)53/h5-7,9-10,22-24,26,28,34,41H,2-4,8,11-21,25H2,1H3,(H,45,51,53). The first-order chi connectivity index (χ1) is 26.7. The van der Waals surface area contributed by atoms with E-state index in [1.807, 2.05) is 23.4 Å². The zero-order valence-corrected chi connectivity index (χ0v) is 31.3. The number of unbranched alkanes of at least 4 members (excludes halogenated alkanes) is 2. The Balaban J connectivity index is 0.749. The van der Waals surface area contributed by atoms with Gasteiger partial charge in [0.2, 0.25) is 17.7 Å². The minimum absolute atomic E-state index is 0.0799. The van der Waals surface area contributed by atoms with Crippen LogP contribution in [0, 0.1) is 0 Å². The summed E-state index contributed by atoms with van der Waals surface area (Å²) in [6.07, 6.45) is 8.89. The number of nitrogens with zero attached hydrogens (tertiary/aromatic N) is 8. The van der Waals surface area contributed by atoms with Crippen LogP contribution in [0.1, 0.15) is 83.7 Å². The smallest absolute Gasteiger partial charge is 0.262 e. The maximum Gasteiger partial charge on any atom is 0.262 e. The van der Waals surface area contributed by atoms with Crippen LogP contribution >= 0.6 is 0 Å². The lowest BCUT2D eigenvalue weighted by atomic mass is 10.0. The van der Waals surface area contributed by atoms with Gasteiger partial charge in [0.15, 0.2) is 0 Å². The lowest BCUT2D eigenvalue weighted by Crippen LogP contribution is -2.54. The summed E-state index contributed by atoms with van der Waals surface area (Å²) in [7, 11) is 2.16. The van der Waals surface area contributed by atoms with Crippen molar-refractivity contribution in [2.75, 3.05) is 69.6 Å². The Kier molecular flexibility index (Phi) is 10.4. The normalized spacial score (nSPS) is 22.2. The number of para-hydroxylation sites is 1. The van der Waals surface area contributed by atoms with Crippen LogP contribution in [-0.4, -0.2) is 137 Å². The lowest BCUT2D eigenvalue weighted by molar-refractivity contribution is -0.136. The Bertz CT molecular complexity index is 2020. The lowest BCUT2D eigenvalue weighted by Gasteiger charge is -2.36. The van der Waals surface area contributed by atoms with Crippen molar-refractivity contribution in [2.24, 2.45) is 5.10 Å². The molecule has 2 atom stereocenters. The first-order valence-electron chi connectivity index (χ1n) is 19.6. The van der Waals surface area contributed by atoms with Gasteiger partial charge in [-0.3, -0.25) is 44.2 Å². The van der Waals surface area contributed by atoms with Crippen LogP contribution in [-0.2, 0) is 14.4 Å². The van der Waals surface area contributed by atoms with Gasteiger partial charge < -0.3 is 20.0 Å². The number of amides is 5. The van der Waals surface area contributed by atoms with Gasteiger partial charge in [0.1, 0.15) is 11.6 Å². The molecule has 0 bridgehead atoms. The van der Waals surface area contributed by atoms with Crippen LogP contribution in [0.3, 0.4) is 0 Å². The average molecular weight is 749 g/mol. The van der Waals surface area contributed by atoms with Gasteiger partial charge in [0, 0.05) is 83.3 Å². The predicted molar refractivity (Wildman–Crippen MR) is 207 cm³/mol. The number of aromatic nitrogens is 2. The number of anilines is 2. The molecule has 5 aliphatic heterocycles. The fourth-order valence-electron chi connectivity index (χ4n) is 8.35. The molecule has 1 aromatic heterocycles. The summed E-state index contributed by atoms with van der Waals surface area (Å²) in [5, 5.41) is 12.5. The second-order valence-electron chi connectivity index (χ2n) is 15.3. The van der Waals surface area contributed by atoms with Gasteiger partial charge in [0.25, 0.3) is 11.8 Å². The largest absolute Gasteiger partial charge is 0.385 e. The van der Waals surface area contributed by atoms with E-state index in [0.29, 0.717) is 24.7 Å². The van der Waals surface area contributed by atoms with Crippen molar-refractivity contribution in [3.05, 3.63) is 59.4 Å². The number of hydrogen-bond donors (Lipinski definition) is 2. The van der Waals surface area contributed by atoms with Gasteiger partial charge in [0.05, 0.1) is 40.0 Å². The summed E-state index contributed by atoms with van der Waals surface area (Å²) in [5.41, 5.74) is 5.18. The van der Waals surface area contributed by atoms with Crippen LogP contribution in [0.15, 0.2) is 47.7 Å². The maximum absolute atomic E-state index is 13.1. The molecule has 5 amide bonds. The number of imide groups is 2. The summed E-state index contributed by atoms with van der Waals surface area (Å²) in [4.78, 5) is 80.6.